The van der Waals surface area contributed by atoms with Crippen LogP contribution in [0.25, 0.3) is 0 Å². The molecule has 2 N–H and O–H groups in total. The maximum atomic E-state index is 12.6. The summed E-state index contributed by atoms with van der Waals surface area (Å²) in [6.45, 7) is 15.1. The van der Waals surface area contributed by atoms with Crippen LogP contribution >= 0.6 is 23.5 Å². The summed E-state index contributed by atoms with van der Waals surface area (Å²) in [5.41, 5.74) is 4.80. The summed E-state index contributed by atoms with van der Waals surface area (Å²) < 4.78 is 36.3. The number of hydrogen-bond donors (Lipinski definition) is 2. The van der Waals surface area contributed by atoms with Gasteiger partial charge in [-0.15, -0.1) is 36.7 Å². The molecule has 11 rings (SSSR count). The van der Waals surface area contributed by atoms with Crippen molar-refractivity contribution in [2.75, 3.05) is 59.0 Å². The van der Waals surface area contributed by atoms with Crippen LogP contribution in [0.15, 0.2) is 211 Å². The Morgan fingerprint density at radius 1 is 0.538 bits per heavy atom. The molecular weight excluding hydrogens is 1210 g/mol. The molecule has 0 bridgehead atoms. The molecule has 20 heteroatoms. The number of piperidine rings is 4. The van der Waals surface area contributed by atoms with E-state index in [1.54, 1.807) is 48.7 Å². The maximum absolute atomic E-state index is 12.6. The highest BCUT2D eigenvalue weighted by Gasteiger charge is 2.43. The first-order chi connectivity index (χ1) is 43.7. The molecule has 6 aromatic carbocycles. The Hall–Kier alpha value is -8.27. The molecule has 0 aliphatic carbocycles. The second-order valence-corrected chi connectivity index (χ2v) is 26.0. The first-order valence-electron chi connectivity index (χ1n) is 30.2. The number of carbonyl (C=O) groups excluding carboxylic acids is 8. The fourth-order valence-corrected chi connectivity index (χ4v) is 13.9. The molecule has 0 saturated carbocycles. The van der Waals surface area contributed by atoms with Gasteiger partial charge in [-0.25, -0.2) is 4.79 Å². The van der Waals surface area contributed by atoms with E-state index in [4.69, 9.17) is 22.3 Å². The Kier molecular flexibility index (Phi) is 28.4. The Morgan fingerprint density at radius 3 is 1.29 bits per heavy atom. The first-order valence-corrected chi connectivity index (χ1v) is 33.3. The van der Waals surface area contributed by atoms with E-state index in [0.717, 1.165) is 78.8 Å². The zero-order valence-corrected chi connectivity index (χ0v) is 54.0. The molecule has 0 unspecified atom stereocenters. The van der Waals surface area contributed by atoms with Crippen molar-refractivity contribution in [1.29, 1.82) is 0 Å². The van der Waals surface area contributed by atoms with E-state index in [2.05, 4.69) is 25.3 Å². The maximum Gasteiger partial charge on any atom is 0.394 e. The van der Waals surface area contributed by atoms with Crippen molar-refractivity contribution < 1.29 is 60.6 Å². The van der Waals surface area contributed by atoms with Gasteiger partial charge in [-0.1, -0.05) is 115 Å². The fourth-order valence-electron chi connectivity index (χ4n) is 11.0. The third kappa shape index (κ3) is 23.2. The average Bonchev–Trinajstić information content (AvgIpc) is 0.881. The van der Waals surface area contributed by atoms with Crippen LogP contribution in [0, 0.1) is 0 Å². The van der Waals surface area contributed by atoms with E-state index in [1.165, 1.54) is 4.90 Å². The molecule has 0 atom stereocenters. The minimum Gasteiger partial charge on any atom is -0.463 e. The normalized spacial score (nSPS) is 16.2. The summed E-state index contributed by atoms with van der Waals surface area (Å²) in [4.78, 5) is 106. The number of esters is 1. The topological polar surface area (TPSA) is 233 Å². The summed E-state index contributed by atoms with van der Waals surface area (Å²) in [7, 11) is -4.67. The lowest BCUT2D eigenvalue weighted by atomic mass is 9.88. The van der Waals surface area contributed by atoms with Crippen molar-refractivity contribution >= 4 is 80.9 Å². The Morgan fingerprint density at radius 2 is 0.890 bits per heavy atom. The summed E-state index contributed by atoms with van der Waals surface area (Å²) in [5.74, 6) is 0.694. The number of thioether (sulfide) groups is 2. The molecule has 5 heterocycles. The van der Waals surface area contributed by atoms with Gasteiger partial charge in [-0.2, -0.15) is 8.42 Å². The van der Waals surface area contributed by atoms with Crippen molar-refractivity contribution in [1.82, 2.24) is 19.6 Å². The average molecular weight is 1290 g/mol. The number of likely N-dealkylation sites (tertiary alicyclic amines) is 4. The second-order valence-electron chi connectivity index (χ2n) is 22.0. The third-order valence-electron chi connectivity index (χ3n) is 15.6. The molecule has 0 aromatic heterocycles. The number of carbonyl (C=O) groups is 8. The number of benzene rings is 6. The zero-order valence-electron chi connectivity index (χ0n) is 51.6. The number of nitrogens with zero attached hydrogens (tertiary/aromatic N) is 4. The van der Waals surface area contributed by atoms with Gasteiger partial charge >= 0.3 is 16.4 Å². The van der Waals surface area contributed by atoms with Gasteiger partial charge in [-0.3, -0.25) is 42.7 Å². The predicted octanol–water partition coefficient (Wildman–Crippen LogP) is 12.5. The van der Waals surface area contributed by atoms with Gasteiger partial charge in [-0.05, 0) is 119 Å². The van der Waals surface area contributed by atoms with Gasteiger partial charge in [0.1, 0.15) is 11.6 Å². The Balaban J connectivity index is 0.000000189. The van der Waals surface area contributed by atoms with Crippen LogP contribution in [-0.4, -0.2) is 153 Å². The fraction of sp³-hybridized carbons (Fsp3) is 0.324. The van der Waals surface area contributed by atoms with Crippen molar-refractivity contribution in [2.45, 2.75) is 97.3 Å². The number of rotatable bonds is 10. The number of fused-ring (bicyclic) bond motifs is 1. The molecule has 17 nitrogen and oxygen atoms in total. The summed E-state index contributed by atoms with van der Waals surface area (Å²) in [6.07, 6.45) is 8.59. The van der Waals surface area contributed by atoms with Crippen LogP contribution in [0.3, 0.4) is 0 Å². The molecule has 0 radical (unpaired) electrons. The number of ether oxygens (including phenoxy) is 1. The quantitative estimate of drug-likeness (QED) is 0.0562. The van der Waals surface area contributed by atoms with Crippen LogP contribution in [0.2, 0.25) is 0 Å². The number of amides is 4. The van der Waals surface area contributed by atoms with Gasteiger partial charge in [0.25, 0.3) is 23.6 Å². The van der Waals surface area contributed by atoms with E-state index >= 15 is 0 Å². The van der Waals surface area contributed by atoms with Crippen LogP contribution in [-0.2, 0) is 29.5 Å². The van der Waals surface area contributed by atoms with Gasteiger partial charge < -0.3 is 24.3 Å². The highest BCUT2D eigenvalue weighted by atomic mass is 32.3. The summed E-state index contributed by atoms with van der Waals surface area (Å²) in [5, 5.41) is 0. The van der Waals surface area contributed by atoms with E-state index in [-0.39, 0.29) is 56.4 Å². The molecule has 1 spiro atoms. The van der Waals surface area contributed by atoms with Crippen LogP contribution in [0.1, 0.15) is 130 Å². The molecule has 91 heavy (non-hydrogen) atoms. The van der Waals surface area contributed by atoms with Gasteiger partial charge in [0.05, 0.1) is 6.61 Å². The third-order valence-corrected chi connectivity index (χ3v) is 18.6. The van der Waals surface area contributed by atoms with E-state index < -0.39 is 10.4 Å². The molecule has 4 amide bonds. The number of Topliss-reactive ketones (excluding diaryl/α,β-unsaturated/α-hetero) is 3. The first kappa shape index (κ1) is 71.8. The van der Waals surface area contributed by atoms with E-state index in [9.17, 15) is 38.4 Å². The molecule has 6 aromatic rings. The SMILES string of the molecule is C=C.CC(=O)CC1(Sc2ccccc2)CCN(C(=O)c2ccccc2)CC1.CCOC(=O)C=C1CCN(C(=O)c2ccccc2)CC1.O=C1CC2(CCN(C(=O)c3ccccc3)CC2)Sc2ccccc21.O=C1CCN(C(=O)c2ccccc2)CC1.O=S(=O)(O)O. The van der Waals surface area contributed by atoms with E-state index in [1.807, 2.05) is 178 Å². The highest BCUT2D eigenvalue weighted by molar-refractivity contribution is 8.01. The lowest BCUT2D eigenvalue weighted by Gasteiger charge is -2.43. The summed E-state index contributed by atoms with van der Waals surface area (Å²) >= 11 is 3.63. The largest absolute Gasteiger partial charge is 0.463 e. The Bertz CT molecular complexity index is 3500. The number of hydrogen-bond acceptors (Lipinski definition) is 13. The van der Waals surface area contributed by atoms with Gasteiger partial charge in [0, 0.05) is 131 Å². The van der Waals surface area contributed by atoms with Crippen molar-refractivity contribution in [3.05, 3.63) is 229 Å². The van der Waals surface area contributed by atoms with Gasteiger partial charge in [0.2, 0.25) is 0 Å². The molecule has 5 aliphatic rings. The molecular formula is C71H80N4O13S3. The minimum atomic E-state index is -4.67. The Labute approximate surface area is 542 Å². The minimum absolute atomic E-state index is 0.0306. The van der Waals surface area contributed by atoms with Crippen molar-refractivity contribution in [3.63, 3.8) is 0 Å². The van der Waals surface area contributed by atoms with Gasteiger partial charge in [0.15, 0.2) is 5.78 Å². The van der Waals surface area contributed by atoms with Crippen LogP contribution in [0.5, 0.6) is 0 Å². The second kappa shape index (κ2) is 35.9. The van der Waals surface area contributed by atoms with Crippen molar-refractivity contribution in [3.8, 4) is 0 Å². The lowest BCUT2D eigenvalue weighted by Crippen LogP contribution is -2.47. The summed E-state index contributed by atoms with van der Waals surface area (Å²) in [6, 6.07) is 55.4. The molecule has 480 valence electrons. The molecule has 5 aliphatic heterocycles. The van der Waals surface area contributed by atoms with Crippen molar-refractivity contribution in [2.24, 2.45) is 0 Å². The van der Waals surface area contributed by atoms with Crippen LogP contribution < -0.4 is 0 Å². The number of ketones is 3. The molecule has 4 saturated heterocycles. The monoisotopic (exact) mass is 1290 g/mol. The predicted molar refractivity (Wildman–Crippen MR) is 356 cm³/mol. The van der Waals surface area contributed by atoms with Crippen LogP contribution in [0.4, 0.5) is 0 Å². The zero-order chi connectivity index (χ0) is 65.8. The standard InChI is InChI=1S/C21H23NO2S.C20H19NO2S.C16H19NO3.C12H13NO2.C2H4.H2O4S/c1-17(23)16-21(25-19-10-6-3-7-11-19)12-14-22(15-13-21)20(24)18-8-4-2-5-9-18;22-17-14-20(24-18-9-5-4-8-16(17)18)10-12-21(13-11-20)19(23)15-6-2-1-3-7-15;1-2-20-15(18)12-13-8-10-17(11-9-13)16(19)14-6-4-3-5-7-14;14-11-6-8-13(9-7-11)12(15)10-4-2-1-3-5-10;1-2;1-5(2,3)4/h2-11H,12-16H2,1H3;1-9H,10-14H2;3-7,12H,2,8-11H2,1H3;1-5H,6-9H2;1-2H2;(H2,1,2,3,4). The van der Waals surface area contributed by atoms with E-state index in [0.29, 0.717) is 82.7 Å². The smallest absolute Gasteiger partial charge is 0.394 e. The molecule has 4 fully saturated rings. The lowest BCUT2D eigenvalue weighted by molar-refractivity contribution is -0.137. The highest BCUT2D eigenvalue weighted by Crippen LogP contribution is 2.49.